The van der Waals surface area contributed by atoms with E-state index in [1.54, 1.807) is 12.1 Å². The highest BCUT2D eigenvalue weighted by molar-refractivity contribution is 7.80. The molecule has 1 heterocycles. The molecule has 0 radical (unpaired) electrons. The van der Waals surface area contributed by atoms with Crippen LogP contribution in [0.2, 0.25) is 0 Å². The first-order valence-corrected chi connectivity index (χ1v) is 11.2. The number of benzene rings is 2. The predicted molar refractivity (Wildman–Crippen MR) is 130 cm³/mol. The molecule has 8 heteroatoms. The fourth-order valence-corrected chi connectivity index (χ4v) is 3.94. The van der Waals surface area contributed by atoms with Crippen molar-refractivity contribution in [3.63, 3.8) is 0 Å². The number of carbonyl (C=O) groups excluding carboxylic acids is 2. The minimum Gasteiger partial charge on any atom is -0.462 e. The van der Waals surface area contributed by atoms with Crippen LogP contribution in [0.4, 0.5) is 10.1 Å². The van der Waals surface area contributed by atoms with E-state index in [0.717, 1.165) is 11.3 Å². The van der Waals surface area contributed by atoms with Crippen LogP contribution in [0.1, 0.15) is 49.7 Å². The van der Waals surface area contributed by atoms with Gasteiger partial charge in [0, 0.05) is 23.5 Å². The van der Waals surface area contributed by atoms with Crippen molar-refractivity contribution >= 4 is 34.9 Å². The van der Waals surface area contributed by atoms with Gasteiger partial charge in [-0.25, -0.2) is 9.18 Å². The summed E-state index contributed by atoms with van der Waals surface area (Å²) < 4.78 is 18.6. The van der Waals surface area contributed by atoms with Crippen molar-refractivity contribution in [2.75, 3.05) is 18.5 Å². The number of allylic oxidation sites excluding steroid dienone is 1. The molecule has 3 rings (SSSR count). The number of amides is 1. The van der Waals surface area contributed by atoms with E-state index in [0.29, 0.717) is 35.1 Å². The lowest BCUT2D eigenvalue weighted by atomic mass is 9.94. The minimum absolute atomic E-state index is 0.220. The molecule has 1 aliphatic rings. The van der Waals surface area contributed by atoms with Crippen molar-refractivity contribution in [3.05, 3.63) is 76.7 Å². The van der Waals surface area contributed by atoms with E-state index >= 15 is 0 Å². The molecule has 2 N–H and O–H groups in total. The predicted octanol–water partition coefficient (Wildman–Crippen LogP) is 4.80. The summed E-state index contributed by atoms with van der Waals surface area (Å²) in [6.07, 6.45) is 0. The first kappa shape index (κ1) is 24.4. The maximum absolute atomic E-state index is 13.1. The number of esters is 1. The second kappa shape index (κ2) is 10.6. The van der Waals surface area contributed by atoms with Gasteiger partial charge < -0.3 is 20.3 Å². The number of hydrogen-bond acceptors (Lipinski definition) is 4. The van der Waals surface area contributed by atoms with Crippen LogP contribution in [-0.2, 0) is 9.53 Å². The van der Waals surface area contributed by atoms with Gasteiger partial charge in [-0.1, -0.05) is 26.0 Å². The third-order valence-electron chi connectivity index (χ3n) is 5.29. The Kier molecular flexibility index (Phi) is 7.81. The van der Waals surface area contributed by atoms with Crippen molar-refractivity contribution in [1.82, 2.24) is 10.2 Å². The second-order valence-electron chi connectivity index (χ2n) is 8.20. The molecule has 2 aromatic carbocycles. The smallest absolute Gasteiger partial charge is 0.338 e. The molecule has 33 heavy (non-hydrogen) atoms. The van der Waals surface area contributed by atoms with Crippen LogP contribution in [-0.4, -0.2) is 35.0 Å². The molecule has 0 saturated heterocycles. The zero-order valence-electron chi connectivity index (χ0n) is 19.1. The highest BCUT2D eigenvalue weighted by atomic mass is 32.1. The molecule has 0 fully saturated rings. The number of rotatable bonds is 7. The summed E-state index contributed by atoms with van der Waals surface area (Å²) >= 11 is 5.52. The first-order chi connectivity index (χ1) is 15.7. The number of hydrogen-bond donors (Lipinski definition) is 2. The maximum atomic E-state index is 13.1. The van der Waals surface area contributed by atoms with Gasteiger partial charge in [-0.15, -0.1) is 0 Å². The molecule has 0 bridgehead atoms. The summed E-state index contributed by atoms with van der Waals surface area (Å²) in [5.74, 6) is -0.904. The second-order valence-corrected chi connectivity index (χ2v) is 8.59. The summed E-state index contributed by atoms with van der Waals surface area (Å²) in [6.45, 7) is 8.75. The molecular formula is C25H28FN3O3S. The van der Waals surface area contributed by atoms with E-state index < -0.39 is 11.9 Å². The maximum Gasteiger partial charge on any atom is 0.338 e. The van der Waals surface area contributed by atoms with Crippen LogP contribution in [0.15, 0.2) is 59.8 Å². The van der Waals surface area contributed by atoms with Crippen LogP contribution < -0.4 is 10.6 Å². The number of ether oxygens (including phenoxy) is 1. The van der Waals surface area contributed by atoms with Crippen molar-refractivity contribution < 1.29 is 18.7 Å². The summed E-state index contributed by atoms with van der Waals surface area (Å²) in [7, 11) is 0. The Balaban J connectivity index is 1.84. The molecule has 1 aliphatic heterocycles. The van der Waals surface area contributed by atoms with Crippen molar-refractivity contribution in [3.8, 4) is 0 Å². The average molecular weight is 470 g/mol. The molecule has 174 valence electrons. The molecule has 0 spiro atoms. The van der Waals surface area contributed by atoms with Crippen LogP contribution >= 0.6 is 12.2 Å². The average Bonchev–Trinajstić information content (AvgIpc) is 2.78. The molecule has 0 aliphatic carbocycles. The Morgan fingerprint density at radius 2 is 1.79 bits per heavy atom. The van der Waals surface area contributed by atoms with Crippen LogP contribution in [0.3, 0.4) is 0 Å². The Labute approximate surface area is 198 Å². The van der Waals surface area contributed by atoms with Gasteiger partial charge in [0.1, 0.15) is 5.82 Å². The fraction of sp³-hybridized carbons (Fsp3) is 0.320. The SMILES string of the molecule is CCN1C(=S)NC(c2ccc(NC(=O)c3ccc(F)cc3)cc2)C(C(=O)OCC(C)C)=C1C. The van der Waals surface area contributed by atoms with E-state index in [9.17, 15) is 14.0 Å². The highest BCUT2D eigenvalue weighted by Gasteiger charge is 2.34. The molecule has 1 atom stereocenters. The lowest BCUT2D eigenvalue weighted by Crippen LogP contribution is -2.47. The van der Waals surface area contributed by atoms with Gasteiger partial charge in [0.2, 0.25) is 0 Å². The number of anilines is 1. The standard InChI is InChI=1S/C25H28FN3O3S/c1-5-29-16(4)21(24(31)32-14-15(2)3)22(28-25(29)33)17-8-12-20(13-9-17)27-23(30)18-6-10-19(26)11-7-18/h6-13,15,22H,5,14H2,1-4H3,(H,27,30)(H,28,33). The molecule has 0 saturated carbocycles. The van der Waals surface area contributed by atoms with Gasteiger partial charge in [-0.2, -0.15) is 0 Å². The Hall–Kier alpha value is -3.26. The normalized spacial score (nSPS) is 16.0. The zero-order chi connectivity index (χ0) is 24.1. The molecule has 1 amide bonds. The molecule has 1 unspecified atom stereocenters. The highest BCUT2D eigenvalue weighted by Crippen LogP contribution is 2.32. The third-order valence-corrected chi connectivity index (χ3v) is 5.63. The van der Waals surface area contributed by atoms with Crippen molar-refractivity contribution in [1.29, 1.82) is 0 Å². The van der Waals surface area contributed by atoms with E-state index in [4.69, 9.17) is 17.0 Å². The summed E-state index contributed by atoms with van der Waals surface area (Å²) in [5.41, 5.74) is 3.01. The topological polar surface area (TPSA) is 70.7 Å². The Morgan fingerprint density at radius 3 is 2.36 bits per heavy atom. The third kappa shape index (κ3) is 5.76. The van der Waals surface area contributed by atoms with Gasteiger partial charge in [0.15, 0.2) is 5.11 Å². The summed E-state index contributed by atoms with van der Waals surface area (Å²) in [6, 6.07) is 12.0. The quantitative estimate of drug-likeness (QED) is 0.448. The van der Waals surface area contributed by atoms with Crippen LogP contribution in [0.5, 0.6) is 0 Å². The minimum atomic E-state index is -0.471. The number of carbonyl (C=O) groups is 2. The lowest BCUT2D eigenvalue weighted by molar-refractivity contribution is -0.140. The Bertz CT molecular complexity index is 1070. The Morgan fingerprint density at radius 1 is 1.15 bits per heavy atom. The van der Waals surface area contributed by atoms with Crippen molar-refractivity contribution in [2.24, 2.45) is 5.92 Å². The summed E-state index contributed by atoms with van der Waals surface area (Å²) in [4.78, 5) is 27.3. The zero-order valence-corrected chi connectivity index (χ0v) is 20.0. The molecule has 0 aromatic heterocycles. The molecule has 6 nitrogen and oxygen atoms in total. The number of nitrogens with one attached hydrogen (secondary N) is 2. The van der Waals surface area contributed by atoms with Gasteiger partial charge >= 0.3 is 5.97 Å². The van der Waals surface area contributed by atoms with Crippen LogP contribution in [0.25, 0.3) is 0 Å². The van der Waals surface area contributed by atoms with E-state index in [-0.39, 0.29) is 17.8 Å². The molecule has 2 aromatic rings. The van der Waals surface area contributed by atoms with E-state index in [1.165, 1.54) is 24.3 Å². The van der Waals surface area contributed by atoms with E-state index in [1.807, 2.05) is 44.7 Å². The van der Waals surface area contributed by atoms with Gasteiger partial charge in [-0.05, 0) is 73.9 Å². The summed E-state index contributed by atoms with van der Waals surface area (Å²) in [5, 5.41) is 6.57. The number of thiocarbonyl (C=S) groups is 1. The molecular weight excluding hydrogens is 441 g/mol. The fourth-order valence-electron chi connectivity index (χ4n) is 3.56. The monoisotopic (exact) mass is 469 g/mol. The largest absolute Gasteiger partial charge is 0.462 e. The van der Waals surface area contributed by atoms with Gasteiger partial charge in [0.25, 0.3) is 5.91 Å². The van der Waals surface area contributed by atoms with E-state index in [2.05, 4.69) is 10.6 Å². The lowest BCUT2D eigenvalue weighted by Gasteiger charge is -2.37. The van der Waals surface area contributed by atoms with Gasteiger partial charge in [0.05, 0.1) is 18.2 Å². The van der Waals surface area contributed by atoms with Crippen molar-refractivity contribution in [2.45, 2.75) is 33.7 Å². The first-order valence-electron chi connectivity index (χ1n) is 10.8. The van der Waals surface area contributed by atoms with Crippen LogP contribution in [0, 0.1) is 11.7 Å². The van der Waals surface area contributed by atoms with Gasteiger partial charge in [-0.3, -0.25) is 4.79 Å². The number of nitrogens with zero attached hydrogens (tertiary/aromatic N) is 1. The number of halogens is 1.